The predicted octanol–water partition coefficient (Wildman–Crippen LogP) is 2.15. The Morgan fingerprint density at radius 1 is 1.33 bits per heavy atom. The summed E-state index contributed by atoms with van der Waals surface area (Å²) in [4.78, 5) is 10.4. The van der Waals surface area contributed by atoms with Crippen LogP contribution in [0.3, 0.4) is 0 Å². The van der Waals surface area contributed by atoms with E-state index in [0.717, 1.165) is 0 Å². The fourth-order valence-electron chi connectivity index (χ4n) is 2.06. The topological polar surface area (TPSA) is 87.0 Å². The summed E-state index contributed by atoms with van der Waals surface area (Å²) >= 11 is 0. The van der Waals surface area contributed by atoms with Gasteiger partial charge in [0.05, 0.1) is 13.2 Å². The maximum atomic E-state index is 10.4. The van der Waals surface area contributed by atoms with Crippen LogP contribution in [0.15, 0.2) is 36.4 Å². The van der Waals surface area contributed by atoms with Gasteiger partial charge in [0.2, 0.25) is 0 Å². The van der Waals surface area contributed by atoms with E-state index in [1.165, 1.54) is 7.11 Å². The van der Waals surface area contributed by atoms with Crippen molar-refractivity contribution in [2.24, 2.45) is 5.92 Å². The number of ether oxygens (including phenoxy) is 1. The molecule has 1 unspecified atom stereocenters. The number of aliphatic hydroxyl groups is 2. The number of hydrogen-bond donors (Lipinski definition) is 3. The molecule has 1 aromatic rings. The smallest absolute Gasteiger partial charge is 0.303 e. The van der Waals surface area contributed by atoms with E-state index >= 15 is 0 Å². The van der Waals surface area contributed by atoms with Crippen molar-refractivity contribution in [2.75, 3.05) is 13.7 Å². The highest BCUT2D eigenvalue weighted by atomic mass is 16.5. The number of carbonyl (C=O) groups is 1. The van der Waals surface area contributed by atoms with Crippen molar-refractivity contribution < 1.29 is 24.9 Å². The number of aliphatic hydroxyl groups excluding tert-OH is 2. The summed E-state index contributed by atoms with van der Waals surface area (Å²) in [5, 5.41) is 28.3. The second-order valence-corrected chi connectivity index (χ2v) is 4.77. The van der Waals surface area contributed by atoms with Gasteiger partial charge in [-0.2, -0.15) is 0 Å². The first-order valence-corrected chi connectivity index (χ1v) is 6.88. The Morgan fingerprint density at radius 2 is 2.05 bits per heavy atom. The third-order valence-electron chi connectivity index (χ3n) is 3.27. The molecule has 0 aliphatic rings. The van der Waals surface area contributed by atoms with Crippen LogP contribution in [0.25, 0.3) is 0 Å². The molecule has 0 radical (unpaired) electrons. The van der Waals surface area contributed by atoms with Crippen molar-refractivity contribution >= 4 is 5.97 Å². The molecule has 0 spiro atoms. The summed E-state index contributed by atoms with van der Waals surface area (Å²) in [7, 11) is 1.53. The average Bonchev–Trinajstić information content (AvgIpc) is 2.50. The summed E-state index contributed by atoms with van der Waals surface area (Å²) in [5.41, 5.74) is 0.637. The fraction of sp³-hybridized carbons (Fsp3) is 0.438. The van der Waals surface area contributed by atoms with Gasteiger partial charge in [0.15, 0.2) is 0 Å². The van der Waals surface area contributed by atoms with Gasteiger partial charge in [-0.05, 0) is 18.9 Å². The van der Waals surface area contributed by atoms with Gasteiger partial charge < -0.3 is 20.1 Å². The minimum absolute atomic E-state index is 0.0787. The van der Waals surface area contributed by atoms with Crippen molar-refractivity contribution in [3.8, 4) is 5.75 Å². The quantitative estimate of drug-likeness (QED) is 0.607. The van der Waals surface area contributed by atoms with Gasteiger partial charge in [-0.25, -0.2) is 0 Å². The molecule has 0 heterocycles. The Morgan fingerprint density at radius 3 is 2.67 bits per heavy atom. The van der Waals surface area contributed by atoms with Gasteiger partial charge in [-0.15, -0.1) is 0 Å². The third-order valence-corrected chi connectivity index (χ3v) is 3.27. The first-order chi connectivity index (χ1) is 10.1. The zero-order valence-electron chi connectivity index (χ0n) is 12.1. The molecule has 0 saturated carbocycles. The lowest BCUT2D eigenvalue weighted by molar-refractivity contribution is -0.136. The van der Waals surface area contributed by atoms with Crippen LogP contribution in [-0.4, -0.2) is 35.0 Å². The molecule has 1 rings (SSSR count). The number of carboxylic acid groups (broad SMARTS) is 1. The molecule has 2 atom stereocenters. The summed E-state index contributed by atoms with van der Waals surface area (Å²) < 4.78 is 5.21. The number of para-hydroxylation sites is 1. The molecule has 21 heavy (non-hydrogen) atoms. The van der Waals surface area contributed by atoms with E-state index < -0.39 is 12.1 Å². The maximum absolute atomic E-state index is 10.4. The zero-order valence-corrected chi connectivity index (χ0v) is 12.1. The average molecular weight is 294 g/mol. The Labute approximate surface area is 124 Å². The number of carboxylic acids is 1. The van der Waals surface area contributed by atoms with Crippen LogP contribution in [0.4, 0.5) is 0 Å². The normalized spacial score (nSPS) is 14.0. The first kappa shape index (κ1) is 17.2. The summed E-state index contributed by atoms with van der Waals surface area (Å²) in [6.07, 6.45) is 3.70. The lowest BCUT2D eigenvalue weighted by atomic mass is 9.92. The molecule has 5 nitrogen and oxygen atoms in total. The lowest BCUT2D eigenvalue weighted by Crippen LogP contribution is -2.16. The molecular weight excluding hydrogens is 272 g/mol. The molecule has 3 N–H and O–H groups in total. The second-order valence-electron chi connectivity index (χ2n) is 4.77. The van der Waals surface area contributed by atoms with Crippen LogP contribution >= 0.6 is 0 Å². The highest BCUT2D eigenvalue weighted by Gasteiger charge is 2.21. The van der Waals surface area contributed by atoms with Crippen molar-refractivity contribution in [3.63, 3.8) is 0 Å². The van der Waals surface area contributed by atoms with Gasteiger partial charge in [0.1, 0.15) is 5.75 Å². The van der Waals surface area contributed by atoms with Gasteiger partial charge in [-0.1, -0.05) is 30.4 Å². The van der Waals surface area contributed by atoms with E-state index in [1.807, 2.05) is 6.07 Å². The van der Waals surface area contributed by atoms with E-state index in [0.29, 0.717) is 24.2 Å². The molecule has 0 saturated heterocycles. The Bertz CT molecular complexity index is 469. The fourth-order valence-corrected chi connectivity index (χ4v) is 2.06. The van der Waals surface area contributed by atoms with E-state index in [9.17, 15) is 15.0 Å². The van der Waals surface area contributed by atoms with Gasteiger partial charge in [0.25, 0.3) is 0 Å². The Kier molecular flexibility index (Phi) is 7.50. The Balaban J connectivity index is 2.64. The summed E-state index contributed by atoms with van der Waals surface area (Å²) in [6.45, 7) is -0.164. The number of hydrogen-bond acceptors (Lipinski definition) is 4. The van der Waals surface area contributed by atoms with E-state index in [2.05, 4.69) is 0 Å². The van der Waals surface area contributed by atoms with Crippen LogP contribution in [0.5, 0.6) is 5.75 Å². The molecular formula is C16H22O5. The minimum Gasteiger partial charge on any atom is -0.496 e. The number of methoxy groups -OCH3 is 1. The molecule has 116 valence electrons. The number of rotatable bonds is 9. The van der Waals surface area contributed by atoms with Crippen LogP contribution in [0.2, 0.25) is 0 Å². The van der Waals surface area contributed by atoms with Gasteiger partial charge in [-0.3, -0.25) is 4.79 Å². The van der Waals surface area contributed by atoms with E-state index in [4.69, 9.17) is 9.84 Å². The zero-order chi connectivity index (χ0) is 15.7. The lowest BCUT2D eigenvalue weighted by Gasteiger charge is -2.21. The molecule has 0 aromatic heterocycles. The van der Waals surface area contributed by atoms with Crippen molar-refractivity contribution in [3.05, 3.63) is 42.0 Å². The van der Waals surface area contributed by atoms with E-state index in [1.54, 1.807) is 30.4 Å². The molecule has 0 aliphatic carbocycles. The van der Waals surface area contributed by atoms with Crippen molar-refractivity contribution in [1.82, 2.24) is 0 Å². The molecule has 0 fully saturated rings. The minimum atomic E-state index is -0.840. The van der Waals surface area contributed by atoms with Crippen LogP contribution in [-0.2, 0) is 4.79 Å². The number of aliphatic carboxylic acids is 1. The number of allylic oxidation sites excluding steroid dienone is 2. The number of benzene rings is 1. The van der Waals surface area contributed by atoms with Gasteiger partial charge >= 0.3 is 5.97 Å². The third kappa shape index (κ3) is 5.57. The summed E-state index contributed by atoms with van der Waals surface area (Å²) in [5.74, 6) is -0.618. The standard InChI is InChI=1S/C16H22O5/c1-21-14-9-6-5-8-13(14)16(20)12(11-17)7-3-2-4-10-15(18)19/h2-3,5-6,8-9,12,16-17,20H,4,7,10-11H2,1H3,(H,18,19)/t12-,16?/m1/s1. The van der Waals surface area contributed by atoms with Crippen molar-refractivity contribution in [2.45, 2.75) is 25.4 Å². The molecule has 0 amide bonds. The maximum Gasteiger partial charge on any atom is 0.303 e. The Hall–Kier alpha value is -1.85. The molecule has 1 aromatic carbocycles. The molecule has 0 bridgehead atoms. The predicted molar refractivity (Wildman–Crippen MR) is 79.2 cm³/mol. The highest BCUT2D eigenvalue weighted by Crippen LogP contribution is 2.31. The highest BCUT2D eigenvalue weighted by molar-refractivity contribution is 5.66. The summed E-state index contributed by atoms with van der Waals surface area (Å²) in [6, 6.07) is 7.14. The largest absolute Gasteiger partial charge is 0.496 e. The second kappa shape index (κ2) is 9.15. The van der Waals surface area contributed by atoms with Crippen LogP contribution < -0.4 is 4.74 Å². The van der Waals surface area contributed by atoms with E-state index in [-0.39, 0.29) is 18.9 Å². The molecule has 0 aliphatic heterocycles. The molecule has 5 heteroatoms. The van der Waals surface area contributed by atoms with Crippen LogP contribution in [0, 0.1) is 5.92 Å². The monoisotopic (exact) mass is 294 g/mol. The first-order valence-electron chi connectivity index (χ1n) is 6.88. The van der Waals surface area contributed by atoms with Crippen LogP contribution in [0.1, 0.15) is 30.9 Å². The van der Waals surface area contributed by atoms with Crippen molar-refractivity contribution in [1.29, 1.82) is 0 Å². The SMILES string of the molecule is COc1ccccc1C(O)[C@@H](CO)CC=CCCC(=O)O. The van der Waals surface area contributed by atoms with Gasteiger partial charge in [0, 0.05) is 24.5 Å².